The first-order chi connectivity index (χ1) is 9.33. The van der Waals surface area contributed by atoms with Gasteiger partial charge in [-0.25, -0.2) is 0 Å². The fraction of sp³-hybridized carbons (Fsp3) is 0.429. The van der Waals surface area contributed by atoms with E-state index in [9.17, 15) is 0 Å². The van der Waals surface area contributed by atoms with Gasteiger partial charge in [0.15, 0.2) is 5.82 Å². The van der Waals surface area contributed by atoms with Gasteiger partial charge < -0.3 is 14.6 Å². The third-order valence-electron chi connectivity index (χ3n) is 2.87. The first-order valence-corrected chi connectivity index (χ1v) is 6.41. The fourth-order valence-electron chi connectivity index (χ4n) is 1.90. The number of aryl methyl sites for hydroxylation is 1. The Labute approximate surface area is 113 Å². The van der Waals surface area contributed by atoms with Crippen molar-refractivity contribution < 1.29 is 9.26 Å². The highest BCUT2D eigenvalue weighted by molar-refractivity contribution is 5.35. The second kappa shape index (κ2) is 6.89. The third kappa shape index (κ3) is 3.79. The molecular weight excluding hydrogens is 242 g/mol. The van der Waals surface area contributed by atoms with E-state index in [2.05, 4.69) is 15.5 Å². The molecule has 0 saturated carbocycles. The van der Waals surface area contributed by atoms with Crippen LogP contribution in [0, 0.1) is 0 Å². The molecule has 0 bridgehead atoms. The van der Waals surface area contributed by atoms with E-state index in [-0.39, 0.29) is 0 Å². The molecule has 0 aliphatic carbocycles. The number of rotatable bonds is 7. The molecule has 0 fully saturated rings. The smallest absolute Gasteiger partial charge is 0.226 e. The van der Waals surface area contributed by atoms with Crippen LogP contribution in [0.4, 0.5) is 0 Å². The maximum absolute atomic E-state index is 5.31. The van der Waals surface area contributed by atoms with E-state index < -0.39 is 0 Å². The second-order valence-corrected chi connectivity index (χ2v) is 4.30. The van der Waals surface area contributed by atoms with Crippen LogP contribution >= 0.6 is 0 Å². The van der Waals surface area contributed by atoms with Gasteiger partial charge in [-0.15, -0.1) is 0 Å². The quantitative estimate of drug-likeness (QED) is 0.770. The Balaban J connectivity index is 1.99. The highest BCUT2D eigenvalue weighted by atomic mass is 16.5. The molecule has 0 unspecified atom stereocenters. The Hall–Kier alpha value is -1.88. The number of benzene rings is 1. The van der Waals surface area contributed by atoms with Crippen LogP contribution < -0.4 is 10.1 Å². The lowest BCUT2D eigenvalue weighted by molar-refractivity contribution is 0.370. The van der Waals surface area contributed by atoms with E-state index in [0.717, 1.165) is 30.7 Å². The number of ether oxygens (including phenoxy) is 1. The summed E-state index contributed by atoms with van der Waals surface area (Å²) in [5.74, 6) is 2.24. The van der Waals surface area contributed by atoms with Crippen molar-refractivity contribution in [2.45, 2.75) is 19.3 Å². The molecule has 1 heterocycles. The monoisotopic (exact) mass is 261 g/mol. The van der Waals surface area contributed by atoms with Crippen LogP contribution in [0.3, 0.4) is 0 Å². The summed E-state index contributed by atoms with van der Waals surface area (Å²) >= 11 is 0. The van der Waals surface area contributed by atoms with Crippen molar-refractivity contribution in [2.24, 2.45) is 0 Å². The van der Waals surface area contributed by atoms with Gasteiger partial charge in [-0.1, -0.05) is 23.4 Å². The lowest BCUT2D eigenvalue weighted by Gasteiger charge is -2.05. The maximum atomic E-state index is 5.31. The average molecular weight is 261 g/mol. The number of hydrogen-bond donors (Lipinski definition) is 1. The van der Waals surface area contributed by atoms with Crippen LogP contribution in [0.2, 0.25) is 0 Å². The third-order valence-corrected chi connectivity index (χ3v) is 2.87. The van der Waals surface area contributed by atoms with Gasteiger partial charge in [-0.3, -0.25) is 0 Å². The molecule has 0 aliphatic rings. The van der Waals surface area contributed by atoms with Crippen molar-refractivity contribution in [3.8, 4) is 5.75 Å². The first kappa shape index (κ1) is 13.5. The number of para-hydroxylation sites is 1. The largest absolute Gasteiger partial charge is 0.496 e. The molecule has 1 N–H and O–H groups in total. The van der Waals surface area contributed by atoms with Crippen LogP contribution in [-0.4, -0.2) is 30.8 Å². The van der Waals surface area contributed by atoms with Gasteiger partial charge in [0, 0.05) is 18.4 Å². The van der Waals surface area contributed by atoms with Gasteiger partial charge >= 0.3 is 0 Å². The zero-order valence-corrected chi connectivity index (χ0v) is 11.3. The summed E-state index contributed by atoms with van der Waals surface area (Å²) in [5, 5.41) is 7.10. The first-order valence-electron chi connectivity index (χ1n) is 6.41. The minimum atomic E-state index is 0.625. The van der Waals surface area contributed by atoms with Crippen molar-refractivity contribution in [2.75, 3.05) is 20.7 Å². The number of methoxy groups -OCH3 is 1. The van der Waals surface area contributed by atoms with E-state index in [1.807, 2.05) is 31.3 Å². The van der Waals surface area contributed by atoms with Gasteiger partial charge in [-0.2, -0.15) is 4.98 Å². The summed E-state index contributed by atoms with van der Waals surface area (Å²) in [7, 11) is 3.60. The number of hydrogen-bond acceptors (Lipinski definition) is 5. The van der Waals surface area contributed by atoms with Crippen molar-refractivity contribution >= 4 is 0 Å². The van der Waals surface area contributed by atoms with E-state index in [0.29, 0.717) is 18.1 Å². The number of nitrogens with one attached hydrogen (secondary N) is 1. The molecule has 1 aromatic heterocycles. The van der Waals surface area contributed by atoms with Gasteiger partial charge in [-0.05, 0) is 26.1 Å². The molecule has 0 spiro atoms. The maximum Gasteiger partial charge on any atom is 0.226 e. The van der Waals surface area contributed by atoms with Gasteiger partial charge in [0.2, 0.25) is 5.89 Å². The molecule has 0 aliphatic heterocycles. The minimum Gasteiger partial charge on any atom is -0.496 e. The van der Waals surface area contributed by atoms with Crippen LogP contribution in [-0.2, 0) is 12.8 Å². The lowest BCUT2D eigenvalue weighted by atomic mass is 10.1. The summed E-state index contributed by atoms with van der Waals surface area (Å²) < 4.78 is 10.5. The van der Waals surface area contributed by atoms with Crippen LogP contribution in [0.15, 0.2) is 28.8 Å². The Morgan fingerprint density at radius 2 is 2.16 bits per heavy atom. The number of nitrogens with zero attached hydrogens (tertiary/aromatic N) is 2. The number of aromatic nitrogens is 2. The molecule has 2 aromatic rings. The Bertz CT molecular complexity index is 511. The summed E-state index contributed by atoms with van der Waals surface area (Å²) in [5.41, 5.74) is 1.06. The molecule has 19 heavy (non-hydrogen) atoms. The Kier molecular flexibility index (Phi) is 4.92. The van der Waals surface area contributed by atoms with E-state index in [1.165, 1.54) is 0 Å². The average Bonchev–Trinajstić information content (AvgIpc) is 2.87. The summed E-state index contributed by atoms with van der Waals surface area (Å²) in [6, 6.07) is 7.87. The van der Waals surface area contributed by atoms with Gasteiger partial charge in [0.05, 0.1) is 7.11 Å². The van der Waals surface area contributed by atoms with Crippen molar-refractivity contribution in [1.82, 2.24) is 15.5 Å². The summed E-state index contributed by atoms with van der Waals surface area (Å²) in [6.45, 7) is 0.949. The topological polar surface area (TPSA) is 60.2 Å². The van der Waals surface area contributed by atoms with E-state index in [1.54, 1.807) is 7.11 Å². The molecule has 2 rings (SSSR count). The zero-order valence-electron chi connectivity index (χ0n) is 11.3. The molecule has 0 saturated heterocycles. The van der Waals surface area contributed by atoms with Crippen molar-refractivity contribution in [1.29, 1.82) is 0 Å². The molecule has 5 heteroatoms. The zero-order chi connectivity index (χ0) is 13.5. The van der Waals surface area contributed by atoms with Gasteiger partial charge in [0.1, 0.15) is 5.75 Å². The lowest BCUT2D eigenvalue weighted by Crippen LogP contribution is -2.08. The molecule has 102 valence electrons. The summed E-state index contributed by atoms with van der Waals surface area (Å²) in [4.78, 5) is 4.39. The normalized spacial score (nSPS) is 10.6. The molecule has 0 atom stereocenters. The minimum absolute atomic E-state index is 0.625. The predicted octanol–water partition coefficient (Wildman–Crippen LogP) is 1.82. The molecule has 1 aromatic carbocycles. The second-order valence-electron chi connectivity index (χ2n) is 4.30. The van der Waals surface area contributed by atoms with Crippen LogP contribution in [0.1, 0.15) is 23.7 Å². The predicted molar refractivity (Wildman–Crippen MR) is 72.3 cm³/mol. The van der Waals surface area contributed by atoms with Crippen molar-refractivity contribution in [3.63, 3.8) is 0 Å². The fourth-order valence-corrected chi connectivity index (χ4v) is 1.90. The highest BCUT2D eigenvalue weighted by Gasteiger charge is 2.09. The van der Waals surface area contributed by atoms with Crippen LogP contribution in [0.5, 0.6) is 5.75 Å². The Morgan fingerprint density at radius 1 is 1.32 bits per heavy atom. The molecule has 0 amide bonds. The van der Waals surface area contributed by atoms with E-state index in [4.69, 9.17) is 9.26 Å². The van der Waals surface area contributed by atoms with Crippen LogP contribution in [0.25, 0.3) is 0 Å². The Morgan fingerprint density at radius 3 is 2.95 bits per heavy atom. The SMILES string of the molecule is CNCCCc1nc(Cc2ccccc2OC)no1. The molecular formula is C14H19N3O2. The van der Waals surface area contributed by atoms with Gasteiger partial charge in [0.25, 0.3) is 0 Å². The summed E-state index contributed by atoms with van der Waals surface area (Å²) in [6.07, 6.45) is 2.42. The molecule has 5 nitrogen and oxygen atoms in total. The highest BCUT2D eigenvalue weighted by Crippen LogP contribution is 2.19. The van der Waals surface area contributed by atoms with E-state index >= 15 is 0 Å². The van der Waals surface area contributed by atoms with Crippen molar-refractivity contribution in [3.05, 3.63) is 41.5 Å². The standard InChI is InChI=1S/C14H19N3O2/c1-15-9-5-8-14-16-13(17-19-14)10-11-6-3-4-7-12(11)18-2/h3-4,6-7,15H,5,8-10H2,1-2H3. The molecule has 0 radical (unpaired) electrons.